The fourth-order valence-electron chi connectivity index (χ4n) is 4.83. The van der Waals surface area contributed by atoms with E-state index in [2.05, 4.69) is 21.8 Å². The zero-order chi connectivity index (χ0) is 21.3. The van der Waals surface area contributed by atoms with Gasteiger partial charge in [-0.3, -0.25) is 4.79 Å². The summed E-state index contributed by atoms with van der Waals surface area (Å²) < 4.78 is 0. The van der Waals surface area contributed by atoms with E-state index in [1.807, 2.05) is 36.1 Å². The summed E-state index contributed by atoms with van der Waals surface area (Å²) in [6, 6.07) is 7.57. The zero-order valence-electron chi connectivity index (χ0n) is 18.6. The summed E-state index contributed by atoms with van der Waals surface area (Å²) in [5.41, 5.74) is 8.69. The van der Waals surface area contributed by atoms with Crippen molar-refractivity contribution in [2.45, 2.75) is 44.4 Å². The van der Waals surface area contributed by atoms with Crippen molar-refractivity contribution in [3.63, 3.8) is 0 Å². The summed E-state index contributed by atoms with van der Waals surface area (Å²) in [7, 11) is 0. The molecule has 1 amide bonds. The lowest BCUT2D eigenvalue weighted by Gasteiger charge is -2.41. The Morgan fingerprint density at radius 2 is 1.81 bits per heavy atom. The van der Waals surface area contributed by atoms with Crippen molar-refractivity contribution < 1.29 is 4.79 Å². The maximum atomic E-state index is 13.6. The summed E-state index contributed by atoms with van der Waals surface area (Å²) >= 11 is 6.06. The maximum Gasteiger partial charge on any atom is 0.233 e. The first-order chi connectivity index (χ1) is 14.4. The Morgan fingerprint density at radius 3 is 2.44 bits per heavy atom. The first-order valence-electron chi connectivity index (χ1n) is 10.8. The van der Waals surface area contributed by atoms with Crippen LogP contribution < -0.4 is 10.6 Å². The number of carbonyl (C=O) groups is 1. The first-order valence-corrected chi connectivity index (χ1v) is 11.2. The minimum Gasteiger partial charge on any atom is -0.353 e. The van der Waals surface area contributed by atoms with Crippen LogP contribution in [0.3, 0.4) is 0 Å². The Bertz CT molecular complexity index is 918. The number of rotatable bonds is 5. The second-order valence-corrected chi connectivity index (χ2v) is 9.09. The van der Waals surface area contributed by atoms with Crippen molar-refractivity contribution in [1.29, 1.82) is 0 Å². The van der Waals surface area contributed by atoms with Gasteiger partial charge in [0.1, 0.15) is 12.1 Å². The molecule has 1 aliphatic heterocycles. The maximum absolute atomic E-state index is 13.6. The van der Waals surface area contributed by atoms with Crippen LogP contribution in [0.4, 0.5) is 5.82 Å². The van der Waals surface area contributed by atoms with Crippen LogP contribution in [0.2, 0.25) is 5.02 Å². The second kappa shape index (κ2) is 11.0. The number of halogens is 3. The van der Waals surface area contributed by atoms with Gasteiger partial charge in [-0.2, -0.15) is 0 Å². The van der Waals surface area contributed by atoms with Crippen molar-refractivity contribution in [3.05, 3.63) is 52.4 Å². The fraction of sp³-hybridized carbons (Fsp3) is 0.522. The van der Waals surface area contributed by atoms with Gasteiger partial charge >= 0.3 is 0 Å². The number of benzene rings is 1. The minimum absolute atomic E-state index is 0. The molecule has 1 aromatic carbocycles. The van der Waals surface area contributed by atoms with Crippen LogP contribution in [-0.2, 0) is 16.6 Å². The highest BCUT2D eigenvalue weighted by Gasteiger charge is 2.39. The third kappa shape index (κ3) is 4.98. The van der Waals surface area contributed by atoms with E-state index >= 15 is 0 Å². The minimum atomic E-state index is -0.647. The van der Waals surface area contributed by atoms with E-state index in [1.165, 1.54) is 11.3 Å². The molecule has 176 valence electrons. The molecule has 0 radical (unpaired) electrons. The van der Waals surface area contributed by atoms with Crippen LogP contribution in [-0.4, -0.2) is 53.5 Å². The first kappa shape index (κ1) is 26.7. The average molecular weight is 501 g/mol. The molecular weight excluding hydrogens is 469 g/mol. The summed E-state index contributed by atoms with van der Waals surface area (Å²) in [5, 5.41) is 0.668. The Morgan fingerprint density at radius 1 is 1.16 bits per heavy atom. The van der Waals surface area contributed by atoms with Gasteiger partial charge in [0.25, 0.3) is 0 Å². The van der Waals surface area contributed by atoms with Crippen LogP contribution in [0, 0.1) is 0 Å². The van der Waals surface area contributed by atoms with Crippen molar-refractivity contribution in [1.82, 2.24) is 14.9 Å². The smallest absolute Gasteiger partial charge is 0.233 e. The van der Waals surface area contributed by atoms with E-state index in [4.69, 9.17) is 17.3 Å². The second-order valence-electron chi connectivity index (χ2n) is 8.65. The molecule has 0 spiro atoms. The van der Waals surface area contributed by atoms with Gasteiger partial charge in [-0.05, 0) is 56.3 Å². The van der Waals surface area contributed by atoms with Crippen LogP contribution in [0.25, 0.3) is 0 Å². The number of nitrogens with two attached hydrogens (primary N) is 1. The van der Waals surface area contributed by atoms with Crippen LogP contribution >= 0.6 is 36.4 Å². The summed E-state index contributed by atoms with van der Waals surface area (Å²) in [4.78, 5) is 27.0. The number of fused-ring (bicyclic) bond motifs is 1. The molecule has 0 bridgehead atoms. The predicted octanol–water partition coefficient (Wildman–Crippen LogP) is 3.98. The molecule has 9 heteroatoms. The van der Waals surface area contributed by atoms with Crippen LogP contribution in [0.15, 0.2) is 30.6 Å². The topological polar surface area (TPSA) is 75.4 Å². The quantitative estimate of drug-likeness (QED) is 0.672. The monoisotopic (exact) mass is 499 g/mol. The van der Waals surface area contributed by atoms with Crippen molar-refractivity contribution in [2.24, 2.45) is 5.73 Å². The normalized spacial score (nSPS) is 19.4. The molecule has 6 nitrogen and oxygen atoms in total. The molecule has 2 aromatic rings. The average Bonchev–Trinajstić information content (AvgIpc) is 3.15. The highest BCUT2D eigenvalue weighted by Crippen LogP contribution is 2.37. The van der Waals surface area contributed by atoms with E-state index in [9.17, 15) is 4.79 Å². The van der Waals surface area contributed by atoms with E-state index in [-0.39, 0.29) is 30.7 Å². The SMILES string of the molecule is C[C@@H]1CCc2ncnc(N3CCN(C(=O)[C@](C)(CCN)c4ccc(Cl)cc4)CC3)c21.Cl.Cl. The molecular formula is C23H32Cl3N5O. The summed E-state index contributed by atoms with van der Waals surface area (Å²) in [5.74, 6) is 1.68. The van der Waals surface area contributed by atoms with Gasteiger partial charge in [-0.15, -0.1) is 24.8 Å². The number of hydrogen-bond donors (Lipinski definition) is 1. The third-order valence-corrected chi connectivity index (χ3v) is 6.97. The van der Waals surface area contributed by atoms with Crippen molar-refractivity contribution in [3.8, 4) is 0 Å². The number of aryl methyl sites for hydroxylation is 1. The fourth-order valence-corrected chi connectivity index (χ4v) is 4.95. The summed E-state index contributed by atoms with van der Waals surface area (Å²) in [6.45, 7) is 7.62. The highest BCUT2D eigenvalue weighted by molar-refractivity contribution is 6.30. The molecule has 2 heterocycles. The number of anilines is 1. The molecule has 1 aliphatic carbocycles. The van der Waals surface area contributed by atoms with Gasteiger partial charge in [-0.25, -0.2) is 9.97 Å². The standard InChI is InChI=1S/C23H30ClN5O.2ClH/c1-16-3-8-19-20(16)21(27-15-26-19)28-11-13-29(14-12-28)22(30)23(2,9-10-25)17-4-6-18(24)7-5-17;;/h4-7,15-16H,3,8-14,25H2,1-2H3;2*1H/t16-,23-;;/m1../s1. The number of aromatic nitrogens is 2. The molecule has 1 saturated heterocycles. The number of piperazine rings is 1. The molecule has 4 rings (SSSR count). The van der Waals surface area contributed by atoms with Crippen molar-refractivity contribution >= 4 is 48.1 Å². The van der Waals surface area contributed by atoms with Crippen molar-refractivity contribution in [2.75, 3.05) is 37.6 Å². The van der Waals surface area contributed by atoms with Crippen LogP contribution in [0.1, 0.15) is 49.4 Å². The number of amides is 1. The largest absolute Gasteiger partial charge is 0.353 e. The van der Waals surface area contributed by atoms with E-state index < -0.39 is 5.41 Å². The molecule has 2 atom stereocenters. The number of carbonyl (C=O) groups excluding carboxylic acids is 1. The Labute approximate surface area is 207 Å². The number of hydrogen-bond acceptors (Lipinski definition) is 5. The highest BCUT2D eigenvalue weighted by atomic mass is 35.5. The Balaban J connectivity index is 0.00000181. The van der Waals surface area contributed by atoms with Gasteiger partial charge in [0, 0.05) is 42.5 Å². The lowest BCUT2D eigenvalue weighted by atomic mass is 9.78. The van der Waals surface area contributed by atoms with Gasteiger partial charge < -0.3 is 15.5 Å². The molecule has 1 aromatic heterocycles. The Kier molecular flexibility index (Phi) is 9.17. The molecule has 2 N–H and O–H groups in total. The van der Waals surface area contributed by atoms with E-state index in [1.54, 1.807) is 6.33 Å². The number of nitrogens with zero attached hydrogens (tertiary/aromatic N) is 4. The summed E-state index contributed by atoms with van der Waals surface area (Å²) in [6.07, 6.45) is 4.45. The predicted molar refractivity (Wildman–Crippen MR) is 135 cm³/mol. The Hall–Kier alpha value is -1.60. The molecule has 0 unspecified atom stereocenters. The van der Waals surface area contributed by atoms with Crippen LogP contribution in [0.5, 0.6) is 0 Å². The molecule has 0 saturated carbocycles. The van der Waals surface area contributed by atoms with E-state index in [0.29, 0.717) is 37.0 Å². The third-order valence-electron chi connectivity index (χ3n) is 6.72. The lowest BCUT2D eigenvalue weighted by molar-refractivity contribution is -0.137. The molecule has 2 aliphatic rings. The lowest BCUT2D eigenvalue weighted by Crippen LogP contribution is -2.54. The molecule has 1 fully saturated rings. The van der Waals surface area contributed by atoms with E-state index in [0.717, 1.165) is 37.3 Å². The van der Waals surface area contributed by atoms with Gasteiger partial charge in [0.15, 0.2) is 0 Å². The van der Waals surface area contributed by atoms with Gasteiger partial charge in [0.2, 0.25) is 5.91 Å². The zero-order valence-corrected chi connectivity index (χ0v) is 21.0. The molecule has 32 heavy (non-hydrogen) atoms. The van der Waals surface area contributed by atoms with Gasteiger partial charge in [-0.1, -0.05) is 30.7 Å². The van der Waals surface area contributed by atoms with Gasteiger partial charge in [0.05, 0.1) is 5.41 Å².